The van der Waals surface area contributed by atoms with Crippen molar-refractivity contribution in [2.75, 3.05) is 18.1 Å². The molecule has 116 valence electrons. The van der Waals surface area contributed by atoms with E-state index in [9.17, 15) is 9.50 Å². The molecule has 0 bridgehead atoms. The Kier molecular flexibility index (Phi) is 4.30. The Balaban J connectivity index is 1.71. The van der Waals surface area contributed by atoms with Crippen LogP contribution in [0.5, 0.6) is 0 Å². The van der Waals surface area contributed by atoms with Gasteiger partial charge in [-0.05, 0) is 55.6 Å². The van der Waals surface area contributed by atoms with E-state index < -0.39 is 5.60 Å². The fraction of sp³-hybridized carbons (Fsp3) is 0.647. The van der Waals surface area contributed by atoms with Gasteiger partial charge in [0.25, 0.3) is 0 Å². The summed E-state index contributed by atoms with van der Waals surface area (Å²) in [5, 5.41) is 10.9. The lowest BCUT2D eigenvalue weighted by Crippen LogP contribution is -2.48. The van der Waals surface area contributed by atoms with Gasteiger partial charge in [0, 0.05) is 18.8 Å². The summed E-state index contributed by atoms with van der Waals surface area (Å²) in [5.74, 6) is 2.17. The molecule has 3 unspecified atom stereocenters. The number of ether oxygens (including phenoxy) is 1. The van der Waals surface area contributed by atoms with Gasteiger partial charge in [-0.1, -0.05) is 12.1 Å². The molecular weight excluding hydrogens is 287 g/mol. The van der Waals surface area contributed by atoms with Crippen molar-refractivity contribution in [2.45, 2.75) is 43.8 Å². The van der Waals surface area contributed by atoms with Gasteiger partial charge >= 0.3 is 0 Å². The maximum absolute atomic E-state index is 13.3. The Labute approximate surface area is 130 Å². The Morgan fingerprint density at radius 2 is 2.38 bits per heavy atom. The summed E-state index contributed by atoms with van der Waals surface area (Å²) in [6.45, 7) is 2.62. The Morgan fingerprint density at radius 1 is 1.52 bits per heavy atom. The highest BCUT2D eigenvalue weighted by molar-refractivity contribution is 7.99. The number of halogens is 1. The Hall–Kier alpha value is -0.580. The first-order valence-corrected chi connectivity index (χ1v) is 8.83. The number of thioether (sulfide) groups is 1. The molecule has 0 saturated carbocycles. The molecule has 2 aliphatic heterocycles. The Morgan fingerprint density at radius 3 is 3.10 bits per heavy atom. The number of aliphatic hydroxyl groups is 1. The number of benzene rings is 1. The van der Waals surface area contributed by atoms with Crippen LogP contribution < -0.4 is 0 Å². The molecule has 4 heteroatoms. The zero-order valence-corrected chi connectivity index (χ0v) is 13.3. The van der Waals surface area contributed by atoms with E-state index in [4.69, 9.17) is 4.74 Å². The predicted molar refractivity (Wildman–Crippen MR) is 84.1 cm³/mol. The molecule has 2 fully saturated rings. The molecule has 2 heterocycles. The first-order chi connectivity index (χ1) is 9.99. The van der Waals surface area contributed by atoms with Crippen LogP contribution in [-0.4, -0.2) is 34.4 Å². The van der Waals surface area contributed by atoms with Gasteiger partial charge in [-0.25, -0.2) is 4.39 Å². The molecule has 3 rings (SSSR count). The quantitative estimate of drug-likeness (QED) is 0.927. The third-order valence-electron chi connectivity index (χ3n) is 4.89. The molecule has 0 amide bonds. The normalized spacial score (nSPS) is 32.2. The van der Waals surface area contributed by atoms with Crippen LogP contribution in [0.15, 0.2) is 24.3 Å². The maximum atomic E-state index is 13.3. The second-order valence-electron chi connectivity index (χ2n) is 6.69. The predicted octanol–water partition coefficient (Wildman–Crippen LogP) is 3.42. The van der Waals surface area contributed by atoms with Gasteiger partial charge in [0.1, 0.15) is 5.82 Å². The summed E-state index contributed by atoms with van der Waals surface area (Å²) in [6.07, 6.45) is 3.39. The third kappa shape index (κ3) is 3.43. The molecule has 3 atom stereocenters. The van der Waals surface area contributed by atoms with Gasteiger partial charge in [0.15, 0.2) is 0 Å². The van der Waals surface area contributed by atoms with Crippen LogP contribution in [0.1, 0.15) is 31.7 Å². The molecule has 0 radical (unpaired) electrons. The third-order valence-corrected chi connectivity index (χ3v) is 6.11. The highest BCUT2D eigenvalue weighted by Crippen LogP contribution is 2.44. The molecule has 1 N–H and O–H groups in total. The largest absolute Gasteiger partial charge is 0.390 e. The van der Waals surface area contributed by atoms with Gasteiger partial charge in [-0.2, -0.15) is 11.8 Å². The molecule has 1 aromatic rings. The molecule has 2 aliphatic rings. The summed E-state index contributed by atoms with van der Waals surface area (Å²) < 4.78 is 19.3. The molecule has 21 heavy (non-hydrogen) atoms. The van der Waals surface area contributed by atoms with E-state index in [0.29, 0.717) is 6.42 Å². The summed E-state index contributed by atoms with van der Waals surface area (Å²) in [6, 6.07) is 6.56. The topological polar surface area (TPSA) is 29.5 Å². The second kappa shape index (κ2) is 5.90. The van der Waals surface area contributed by atoms with Gasteiger partial charge in [0.05, 0.1) is 11.2 Å². The fourth-order valence-electron chi connectivity index (χ4n) is 3.63. The smallest absolute Gasteiger partial charge is 0.123 e. The number of rotatable bonds is 3. The first kappa shape index (κ1) is 15.3. The molecule has 2 nitrogen and oxygen atoms in total. The van der Waals surface area contributed by atoms with Crippen molar-refractivity contribution in [3.05, 3.63) is 35.6 Å². The number of hydrogen-bond acceptors (Lipinski definition) is 3. The molecule has 1 aromatic carbocycles. The lowest BCUT2D eigenvalue weighted by molar-refractivity contribution is -0.126. The van der Waals surface area contributed by atoms with Gasteiger partial charge in [-0.15, -0.1) is 0 Å². The van der Waals surface area contributed by atoms with Crippen molar-refractivity contribution in [1.82, 2.24) is 0 Å². The monoisotopic (exact) mass is 310 g/mol. The average Bonchev–Trinajstić information content (AvgIpc) is 2.86. The van der Waals surface area contributed by atoms with Crippen molar-refractivity contribution in [3.63, 3.8) is 0 Å². The van der Waals surface area contributed by atoms with E-state index in [-0.39, 0.29) is 17.3 Å². The summed E-state index contributed by atoms with van der Waals surface area (Å²) in [7, 11) is 0. The van der Waals surface area contributed by atoms with Gasteiger partial charge in [0.2, 0.25) is 0 Å². The van der Waals surface area contributed by atoms with E-state index in [1.165, 1.54) is 12.1 Å². The van der Waals surface area contributed by atoms with Gasteiger partial charge in [-0.3, -0.25) is 0 Å². The van der Waals surface area contributed by atoms with Crippen LogP contribution in [0.3, 0.4) is 0 Å². The number of hydrogen-bond donors (Lipinski definition) is 1. The molecule has 1 spiro atoms. The van der Waals surface area contributed by atoms with E-state index in [1.807, 2.05) is 24.8 Å². The van der Waals surface area contributed by atoms with E-state index in [2.05, 4.69) is 0 Å². The van der Waals surface area contributed by atoms with Crippen molar-refractivity contribution in [3.8, 4) is 0 Å². The minimum Gasteiger partial charge on any atom is -0.390 e. The summed E-state index contributed by atoms with van der Waals surface area (Å²) in [4.78, 5) is 0. The van der Waals surface area contributed by atoms with Crippen LogP contribution in [0, 0.1) is 11.7 Å². The van der Waals surface area contributed by atoms with Crippen molar-refractivity contribution in [1.29, 1.82) is 0 Å². The van der Waals surface area contributed by atoms with E-state index in [0.717, 1.165) is 42.9 Å². The lowest BCUT2D eigenvalue weighted by Gasteiger charge is -2.43. The van der Waals surface area contributed by atoms with Gasteiger partial charge < -0.3 is 9.84 Å². The summed E-state index contributed by atoms with van der Waals surface area (Å²) in [5.41, 5.74) is 0.0264. The highest BCUT2D eigenvalue weighted by Gasteiger charge is 2.45. The van der Waals surface area contributed by atoms with Crippen LogP contribution in [0.2, 0.25) is 0 Å². The zero-order valence-electron chi connectivity index (χ0n) is 12.5. The van der Waals surface area contributed by atoms with Crippen LogP contribution in [-0.2, 0) is 11.2 Å². The summed E-state index contributed by atoms with van der Waals surface area (Å²) >= 11 is 1.94. The Bertz CT molecular complexity index is 497. The SMILES string of the molecule is CC(O)(Cc1cccc(F)c1)C1CCOC2(CCSC2)C1. The van der Waals surface area contributed by atoms with Crippen molar-refractivity contribution in [2.24, 2.45) is 5.92 Å². The molecular formula is C17H23FO2S. The first-order valence-electron chi connectivity index (χ1n) is 7.68. The maximum Gasteiger partial charge on any atom is 0.123 e. The van der Waals surface area contributed by atoms with Crippen LogP contribution in [0.25, 0.3) is 0 Å². The minimum absolute atomic E-state index is 0.0283. The van der Waals surface area contributed by atoms with E-state index >= 15 is 0 Å². The standard InChI is InChI=1S/C17H23FO2S/c1-16(19,10-13-3-2-4-15(18)9-13)14-5-7-20-17(11-14)6-8-21-12-17/h2-4,9,14,19H,5-8,10-12H2,1H3. The van der Waals surface area contributed by atoms with Crippen LogP contribution >= 0.6 is 11.8 Å². The fourth-order valence-corrected chi connectivity index (χ4v) is 5.00. The highest BCUT2D eigenvalue weighted by atomic mass is 32.2. The molecule has 2 saturated heterocycles. The minimum atomic E-state index is -0.808. The van der Waals surface area contributed by atoms with Crippen molar-refractivity contribution >= 4 is 11.8 Å². The van der Waals surface area contributed by atoms with Crippen molar-refractivity contribution < 1.29 is 14.2 Å². The second-order valence-corrected chi connectivity index (χ2v) is 7.79. The zero-order chi connectivity index (χ0) is 14.9. The lowest BCUT2D eigenvalue weighted by atomic mass is 9.74. The van der Waals surface area contributed by atoms with E-state index in [1.54, 1.807) is 6.07 Å². The average molecular weight is 310 g/mol. The molecule has 0 aromatic heterocycles. The molecule has 0 aliphatic carbocycles. The van der Waals surface area contributed by atoms with Crippen LogP contribution in [0.4, 0.5) is 4.39 Å².